The van der Waals surface area contributed by atoms with Gasteiger partial charge >= 0.3 is 0 Å². The van der Waals surface area contributed by atoms with Crippen molar-refractivity contribution in [3.8, 4) is 5.75 Å². The molecule has 136 valence electrons. The highest BCUT2D eigenvalue weighted by Gasteiger charge is 2.52. The molecule has 1 aliphatic heterocycles. The summed E-state index contributed by atoms with van der Waals surface area (Å²) in [5.41, 5.74) is 0.568. The lowest BCUT2D eigenvalue weighted by atomic mass is 9.67. The van der Waals surface area contributed by atoms with E-state index in [1.807, 2.05) is 50.2 Å². The molecule has 0 spiro atoms. The van der Waals surface area contributed by atoms with Gasteiger partial charge in [0.1, 0.15) is 11.4 Å². The molecule has 2 unspecified atom stereocenters. The fraction of sp³-hybridized carbons (Fsp3) is 0.381. The Morgan fingerprint density at radius 3 is 2.31 bits per heavy atom. The summed E-state index contributed by atoms with van der Waals surface area (Å²) >= 11 is 0. The topological polar surface area (TPSA) is 69.4 Å². The Morgan fingerprint density at radius 1 is 1.08 bits per heavy atom. The normalized spacial score (nSPS) is 19.3. The molecule has 1 aliphatic rings. The van der Waals surface area contributed by atoms with Crippen LogP contribution in [0.1, 0.15) is 48.5 Å². The van der Waals surface area contributed by atoms with E-state index in [1.165, 1.54) is 0 Å². The van der Waals surface area contributed by atoms with Crippen molar-refractivity contribution in [3.63, 3.8) is 0 Å². The summed E-state index contributed by atoms with van der Waals surface area (Å²) in [4.78, 5) is 24.5. The molecule has 2 aromatic rings. The van der Waals surface area contributed by atoms with Crippen molar-refractivity contribution in [3.05, 3.63) is 75.8 Å². The summed E-state index contributed by atoms with van der Waals surface area (Å²) in [5, 5.41) is 11.4. The maximum absolute atomic E-state index is 13.4. The predicted molar refractivity (Wildman–Crippen MR) is 99.2 cm³/mol. The van der Waals surface area contributed by atoms with Crippen LogP contribution in [0.15, 0.2) is 54.6 Å². The zero-order valence-electron chi connectivity index (χ0n) is 15.1. The molecule has 5 nitrogen and oxygen atoms in total. The summed E-state index contributed by atoms with van der Waals surface area (Å²) in [5.74, 6) is -0.622. The zero-order valence-corrected chi connectivity index (χ0v) is 15.1. The minimum atomic E-state index is -0.748. The Kier molecular flexibility index (Phi) is 5.07. The van der Waals surface area contributed by atoms with E-state index in [1.54, 1.807) is 18.2 Å². The van der Waals surface area contributed by atoms with E-state index in [0.29, 0.717) is 24.2 Å². The number of fused-ring (bicyclic) bond motifs is 1. The molecule has 2 aromatic carbocycles. The fourth-order valence-electron chi connectivity index (χ4n) is 4.10. The average molecular weight is 353 g/mol. The molecule has 0 N–H and O–H groups in total. The van der Waals surface area contributed by atoms with Gasteiger partial charge in [0, 0.05) is 4.92 Å². The van der Waals surface area contributed by atoms with Crippen LogP contribution in [0.25, 0.3) is 0 Å². The zero-order chi connectivity index (χ0) is 18.7. The Balaban J connectivity index is 2.16. The molecule has 0 amide bonds. The van der Waals surface area contributed by atoms with Crippen molar-refractivity contribution in [1.82, 2.24) is 0 Å². The Morgan fingerprint density at radius 2 is 1.69 bits per heavy atom. The van der Waals surface area contributed by atoms with Crippen molar-refractivity contribution < 1.29 is 14.5 Å². The van der Waals surface area contributed by atoms with Crippen LogP contribution in [0.3, 0.4) is 0 Å². The molecular formula is C21H23NO4. The molecule has 2 atom stereocenters. The molecule has 0 saturated carbocycles. The van der Waals surface area contributed by atoms with Crippen LogP contribution in [0.2, 0.25) is 0 Å². The summed E-state index contributed by atoms with van der Waals surface area (Å²) in [7, 11) is 0. The van der Waals surface area contributed by atoms with Crippen LogP contribution in [0.5, 0.6) is 5.75 Å². The molecule has 0 bridgehead atoms. The standard InChI is InChI=1S/C21H23NO4/c1-3-21(4-2)19(20(23)16-12-8-9-13-18(16)26-21)17(14-22(24)25)15-10-6-5-7-11-15/h5-13,17,19H,3-4,14H2,1-2H3. The van der Waals surface area contributed by atoms with E-state index in [2.05, 4.69) is 0 Å². The summed E-state index contributed by atoms with van der Waals surface area (Å²) in [6.07, 6.45) is 1.21. The van der Waals surface area contributed by atoms with E-state index in [9.17, 15) is 14.9 Å². The van der Waals surface area contributed by atoms with Crippen LogP contribution in [0.4, 0.5) is 0 Å². The van der Waals surface area contributed by atoms with Gasteiger partial charge in [0.2, 0.25) is 6.54 Å². The first-order valence-corrected chi connectivity index (χ1v) is 9.01. The van der Waals surface area contributed by atoms with Gasteiger partial charge in [-0.15, -0.1) is 0 Å². The van der Waals surface area contributed by atoms with Crippen molar-refractivity contribution in [2.24, 2.45) is 5.92 Å². The van der Waals surface area contributed by atoms with Gasteiger partial charge in [-0.2, -0.15) is 0 Å². The number of carbonyl (C=O) groups excluding carboxylic acids is 1. The second-order valence-electron chi connectivity index (χ2n) is 6.74. The number of hydrogen-bond donors (Lipinski definition) is 0. The molecule has 1 heterocycles. The lowest BCUT2D eigenvalue weighted by Crippen LogP contribution is -2.53. The average Bonchev–Trinajstić information content (AvgIpc) is 2.67. The van der Waals surface area contributed by atoms with E-state index in [0.717, 1.165) is 5.56 Å². The largest absolute Gasteiger partial charge is 0.486 e. The van der Waals surface area contributed by atoms with Crippen molar-refractivity contribution in [1.29, 1.82) is 0 Å². The highest BCUT2D eigenvalue weighted by molar-refractivity contribution is 6.02. The van der Waals surface area contributed by atoms with Crippen LogP contribution in [-0.2, 0) is 0 Å². The third-order valence-corrected chi connectivity index (χ3v) is 5.49. The van der Waals surface area contributed by atoms with Crippen LogP contribution in [-0.4, -0.2) is 22.9 Å². The lowest BCUT2D eigenvalue weighted by molar-refractivity contribution is -0.485. The first-order valence-electron chi connectivity index (χ1n) is 9.01. The van der Waals surface area contributed by atoms with Gasteiger partial charge in [0.05, 0.1) is 17.4 Å². The third-order valence-electron chi connectivity index (χ3n) is 5.49. The van der Waals surface area contributed by atoms with Gasteiger partial charge in [0.25, 0.3) is 0 Å². The minimum absolute atomic E-state index is 0.0637. The third kappa shape index (κ3) is 3.09. The molecule has 0 fully saturated rings. The van der Waals surface area contributed by atoms with Crippen molar-refractivity contribution >= 4 is 5.78 Å². The van der Waals surface area contributed by atoms with Gasteiger partial charge in [0.15, 0.2) is 5.78 Å². The first kappa shape index (κ1) is 18.1. The second kappa shape index (κ2) is 7.28. The van der Waals surface area contributed by atoms with Gasteiger partial charge in [-0.25, -0.2) is 0 Å². The monoisotopic (exact) mass is 353 g/mol. The summed E-state index contributed by atoms with van der Waals surface area (Å²) < 4.78 is 6.34. The first-order chi connectivity index (χ1) is 12.5. The SMILES string of the molecule is CCC1(CC)Oc2ccccc2C(=O)C1C(C[N+](=O)[O-])c1ccccc1. The number of nitrogens with zero attached hydrogens (tertiary/aromatic N) is 1. The van der Waals surface area contributed by atoms with E-state index >= 15 is 0 Å². The van der Waals surface area contributed by atoms with Gasteiger partial charge < -0.3 is 4.74 Å². The maximum Gasteiger partial charge on any atom is 0.211 e. The summed E-state index contributed by atoms with van der Waals surface area (Å²) in [6.45, 7) is 3.66. The molecular weight excluding hydrogens is 330 g/mol. The Hall–Kier alpha value is -2.69. The van der Waals surface area contributed by atoms with Crippen molar-refractivity contribution in [2.75, 3.05) is 6.54 Å². The predicted octanol–water partition coefficient (Wildman–Crippen LogP) is 4.50. The Bertz CT molecular complexity index is 799. The Labute approximate surface area is 153 Å². The van der Waals surface area contributed by atoms with Crippen LogP contribution in [0, 0.1) is 16.0 Å². The van der Waals surface area contributed by atoms with E-state index in [-0.39, 0.29) is 17.3 Å². The maximum atomic E-state index is 13.4. The van der Waals surface area contributed by atoms with Gasteiger partial charge in [-0.05, 0) is 30.5 Å². The van der Waals surface area contributed by atoms with Gasteiger partial charge in [-0.3, -0.25) is 14.9 Å². The van der Waals surface area contributed by atoms with E-state index in [4.69, 9.17) is 4.74 Å². The number of hydrogen-bond acceptors (Lipinski definition) is 4. The molecule has 0 saturated heterocycles. The van der Waals surface area contributed by atoms with Gasteiger partial charge in [-0.1, -0.05) is 56.3 Å². The highest BCUT2D eigenvalue weighted by Crippen LogP contribution is 2.47. The molecule has 0 aromatic heterocycles. The summed E-state index contributed by atoms with van der Waals surface area (Å²) in [6, 6.07) is 16.5. The number of ketones is 1. The number of nitro groups is 1. The smallest absolute Gasteiger partial charge is 0.211 e. The highest BCUT2D eigenvalue weighted by atomic mass is 16.6. The number of carbonyl (C=O) groups is 1. The fourth-order valence-corrected chi connectivity index (χ4v) is 4.10. The number of Topliss-reactive ketones (excluding diaryl/α,β-unsaturated/α-hetero) is 1. The molecule has 0 radical (unpaired) electrons. The number of rotatable bonds is 6. The number of para-hydroxylation sites is 1. The molecule has 26 heavy (non-hydrogen) atoms. The minimum Gasteiger partial charge on any atom is -0.486 e. The molecule has 0 aliphatic carbocycles. The number of benzene rings is 2. The van der Waals surface area contributed by atoms with Crippen LogP contribution < -0.4 is 4.74 Å². The molecule has 3 rings (SSSR count). The number of ether oxygens (including phenoxy) is 1. The van der Waals surface area contributed by atoms with E-state index < -0.39 is 17.4 Å². The van der Waals surface area contributed by atoms with Crippen molar-refractivity contribution in [2.45, 2.75) is 38.2 Å². The van der Waals surface area contributed by atoms with Crippen LogP contribution >= 0.6 is 0 Å². The lowest BCUT2D eigenvalue weighted by Gasteiger charge is -2.45. The quantitative estimate of drug-likeness (QED) is 0.566. The molecule has 5 heteroatoms. The second-order valence-corrected chi connectivity index (χ2v) is 6.74.